The number of hydrogen-bond donors (Lipinski definition) is 3. The fourth-order valence-electron chi connectivity index (χ4n) is 1.08. The third kappa shape index (κ3) is 9.41. The molecule has 6 nitrogen and oxygen atoms in total. The van der Waals surface area contributed by atoms with Crippen LogP contribution < -0.4 is 5.32 Å². The van der Waals surface area contributed by atoms with Crippen LogP contribution in [0.15, 0.2) is 42.5 Å². The highest BCUT2D eigenvalue weighted by molar-refractivity contribution is 5.94. The lowest BCUT2D eigenvalue weighted by Crippen LogP contribution is -2.29. The van der Waals surface area contributed by atoms with Crippen LogP contribution in [0, 0.1) is 0 Å². The van der Waals surface area contributed by atoms with Gasteiger partial charge in [0.05, 0.1) is 0 Å². The minimum Gasteiger partial charge on any atom is -0.478 e. The molecule has 0 aromatic heterocycles. The van der Waals surface area contributed by atoms with Gasteiger partial charge in [0.25, 0.3) is 5.91 Å². The summed E-state index contributed by atoms with van der Waals surface area (Å²) in [7, 11) is 0. The molecule has 0 bridgehead atoms. The number of rotatable bonds is 4. The molecule has 1 aromatic carbocycles. The Bertz CT molecular complexity index is 464. The number of nitrogens with one attached hydrogen (secondary N) is 1. The molecule has 3 N–H and O–H groups in total. The number of carbonyl (C=O) groups excluding carboxylic acids is 1. The van der Waals surface area contributed by atoms with Crippen LogP contribution in [0.3, 0.4) is 0 Å². The molecule has 0 spiro atoms. The summed E-state index contributed by atoms with van der Waals surface area (Å²) in [5, 5.41) is 18.4. The molecular formula is C14H17NO5. The average Bonchev–Trinajstić information content (AvgIpc) is 2.37. The van der Waals surface area contributed by atoms with E-state index >= 15 is 0 Å². The van der Waals surface area contributed by atoms with Crippen molar-refractivity contribution in [2.45, 2.75) is 19.9 Å². The largest absolute Gasteiger partial charge is 0.478 e. The topological polar surface area (TPSA) is 104 Å². The van der Waals surface area contributed by atoms with Gasteiger partial charge in [-0.15, -0.1) is 0 Å². The van der Waals surface area contributed by atoms with E-state index in [1.54, 1.807) is 12.1 Å². The van der Waals surface area contributed by atoms with Crippen molar-refractivity contribution in [3.05, 3.63) is 48.0 Å². The molecule has 0 fully saturated rings. The third-order valence-corrected chi connectivity index (χ3v) is 1.82. The van der Waals surface area contributed by atoms with Crippen LogP contribution >= 0.6 is 0 Å². The zero-order chi connectivity index (χ0) is 15.5. The standard InChI is InChI=1S/C10H13NO.C4H4O4/c1-8(2)11-10(12)9-6-4-3-5-7-9;5-3(6)1-2-4(7)8/h3-8H,1-2H3,(H,11,12);1-2H,(H,5,6)(H,7,8)/b;2-1+. The van der Waals surface area contributed by atoms with E-state index in [-0.39, 0.29) is 11.9 Å². The molecule has 0 saturated heterocycles. The molecule has 0 heterocycles. The van der Waals surface area contributed by atoms with Gasteiger partial charge < -0.3 is 15.5 Å². The summed E-state index contributed by atoms with van der Waals surface area (Å²) < 4.78 is 0. The Labute approximate surface area is 116 Å². The SMILES string of the molecule is CC(C)NC(=O)c1ccccc1.O=C(O)/C=C/C(=O)O. The third-order valence-electron chi connectivity index (χ3n) is 1.82. The molecule has 0 aliphatic heterocycles. The summed E-state index contributed by atoms with van der Waals surface area (Å²) in [4.78, 5) is 30.5. The van der Waals surface area contributed by atoms with Crippen LogP contribution in [0.25, 0.3) is 0 Å². The van der Waals surface area contributed by atoms with Gasteiger partial charge in [0, 0.05) is 23.8 Å². The normalized spacial score (nSPS) is 9.75. The molecule has 0 saturated carbocycles. The molecule has 6 heteroatoms. The molecule has 1 aromatic rings. The maximum Gasteiger partial charge on any atom is 0.328 e. The van der Waals surface area contributed by atoms with Crippen molar-refractivity contribution in [2.24, 2.45) is 0 Å². The number of aliphatic carboxylic acids is 2. The van der Waals surface area contributed by atoms with E-state index in [1.807, 2.05) is 32.0 Å². The number of benzene rings is 1. The maximum atomic E-state index is 11.3. The molecule has 20 heavy (non-hydrogen) atoms. The number of carbonyl (C=O) groups is 3. The van der Waals surface area contributed by atoms with Crippen LogP contribution in [0.5, 0.6) is 0 Å². The molecular weight excluding hydrogens is 262 g/mol. The van der Waals surface area contributed by atoms with Crippen molar-refractivity contribution >= 4 is 17.8 Å². The van der Waals surface area contributed by atoms with E-state index in [2.05, 4.69) is 5.32 Å². The van der Waals surface area contributed by atoms with Crippen LogP contribution in [0.4, 0.5) is 0 Å². The minimum atomic E-state index is -1.26. The van der Waals surface area contributed by atoms with E-state index < -0.39 is 11.9 Å². The fraction of sp³-hybridized carbons (Fsp3) is 0.214. The van der Waals surface area contributed by atoms with E-state index in [0.29, 0.717) is 17.7 Å². The highest BCUT2D eigenvalue weighted by Gasteiger charge is 2.04. The van der Waals surface area contributed by atoms with E-state index in [9.17, 15) is 14.4 Å². The number of hydrogen-bond acceptors (Lipinski definition) is 3. The van der Waals surface area contributed by atoms with Crippen molar-refractivity contribution in [3.8, 4) is 0 Å². The van der Waals surface area contributed by atoms with Crippen molar-refractivity contribution in [1.29, 1.82) is 0 Å². The summed E-state index contributed by atoms with van der Waals surface area (Å²) in [5.41, 5.74) is 0.714. The first-order chi connectivity index (χ1) is 9.32. The molecule has 0 unspecified atom stereocenters. The predicted molar refractivity (Wildman–Crippen MR) is 73.5 cm³/mol. The molecule has 108 valence electrons. The Morgan fingerprint density at radius 1 is 1.00 bits per heavy atom. The summed E-state index contributed by atoms with van der Waals surface area (Å²) >= 11 is 0. The van der Waals surface area contributed by atoms with Gasteiger partial charge in [-0.25, -0.2) is 9.59 Å². The summed E-state index contributed by atoms with van der Waals surface area (Å²) in [5.74, 6) is -2.52. The van der Waals surface area contributed by atoms with Gasteiger partial charge >= 0.3 is 11.9 Å². The minimum absolute atomic E-state index is 0.00870. The first kappa shape index (κ1) is 17.4. The van der Waals surface area contributed by atoms with Crippen LogP contribution in [0.1, 0.15) is 24.2 Å². The van der Waals surface area contributed by atoms with Crippen LogP contribution in [-0.4, -0.2) is 34.1 Å². The summed E-state index contributed by atoms with van der Waals surface area (Å²) in [6.07, 6.45) is 1.12. The number of carboxylic acids is 2. The number of carboxylic acid groups (broad SMARTS) is 2. The first-order valence-electron chi connectivity index (χ1n) is 5.82. The molecule has 0 aliphatic rings. The van der Waals surface area contributed by atoms with Gasteiger partial charge in [0.1, 0.15) is 0 Å². The van der Waals surface area contributed by atoms with Gasteiger partial charge in [0.2, 0.25) is 0 Å². The Hall–Kier alpha value is -2.63. The summed E-state index contributed by atoms with van der Waals surface area (Å²) in [6, 6.07) is 9.41. The second-order valence-corrected chi connectivity index (χ2v) is 4.00. The Morgan fingerprint density at radius 3 is 1.80 bits per heavy atom. The van der Waals surface area contributed by atoms with Crippen molar-refractivity contribution in [2.75, 3.05) is 0 Å². The van der Waals surface area contributed by atoms with Gasteiger partial charge in [-0.2, -0.15) is 0 Å². The Morgan fingerprint density at radius 2 is 1.45 bits per heavy atom. The summed E-state index contributed by atoms with van der Waals surface area (Å²) in [6.45, 7) is 3.89. The molecule has 1 rings (SSSR count). The molecule has 0 atom stereocenters. The van der Waals surface area contributed by atoms with Crippen LogP contribution in [0.2, 0.25) is 0 Å². The Kier molecular flexibility index (Phi) is 8.09. The quantitative estimate of drug-likeness (QED) is 0.725. The van der Waals surface area contributed by atoms with Crippen molar-refractivity contribution in [3.63, 3.8) is 0 Å². The fourth-order valence-corrected chi connectivity index (χ4v) is 1.08. The second-order valence-electron chi connectivity index (χ2n) is 4.00. The van der Waals surface area contributed by atoms with Gasteiger partial charge in [-0.3, -0.25) is 4.79 Å². The molecule has 1 amide bonds. The number of amides is 1. The highest BCUT2D eigenvalue weighted by Crippen LogP contribution is 1.98. The lowest BCUT2D eigenvalue weighted by molar-refractivity contribution is -0.134. The van der Waals surface area contributed by atoms with Crippen molar-refractivity contribution in [1.82, 2.24) is 5.32 Å². The van der Waals surface area contributed by atoms with E-state index in [0.717, 1.165) is 0 Å². The van der Waals surface area contributed by atoms with Crippen LogP contribution in [-0.2, 0) is 9.59 Å². The highest BCUT2D eigenvalue weighted by atomic mass is 16.4. The predicted octanol–water partition coefficient (Wildman–Crippen LogP) is 1.54. The smallest absolute Gasteiger partial charge is 0.328 e. The molecule has 0 aliphatic carbocycles. The van der Waals surface area contributed by atoms with Crippen molar-refractivity contribution < 1.29 is 24.6 Å². The van der Waals surface area contributed by atoms with Gasteiger partial charge in [0.15, 0.2) is 0 Å². The lowest BCUT2D eigenvalue weighted by atomic mass is 10.2. The van der Waals surface area contributed by atoms with Gasteiger partial charge in [-0.1, -0.05) is 18.2 Å². The zero-order valence-corrected chi connectivity index (χ0v) is 11.2. The lowest BCUT2D eigenvalue weighted by Gasteiger charge is -2.07. The van der Waals surface area contributed by atoms with Gasteiger partial charge in [-0.05, 0) is 26.0 Å². The first-order valence-corrected chi connectivity index (χ1v) is 5.82. The second kappa shape index (κ2) is 9.32. The molecule has 0 radical (unpaired) electrons. The Balaban J connectivity index is 0.000000396. The zero-order valence-electron chi connectivity index (χ0n) is 11.2. The van der Waals surface area contributed by atoms with E-state index in [4.69, 9.17) is 10.2 Å². The van der Waals surface area contributed by atoms with E-state index in [1.165, 1.54) is 0 Å². The maximum absolute atomic E-state index is 11.3. The average molecular weight is 279 g/mol. The monoisotopic (exact) mass is 279 g/mol.